The third-order valence-electron chi connectivity index (χ3n) is 4.63. The molecule has 2 amide bonds. The minimum atomic E-state index is -0.541. The van der Waals surface area contributed by atoms with Crippen molar-refractivity contribution in [2.24, 2.45) is 0 Å². The van der Waals surface area contributed by atoms with Crippen LogP contribution in [-0.2, 0) is 11.3 Å². The van der Waals surface area contributed by atoms with Gasteiger partial charge in [0.2, 0.25) is 5.91 Å². The largest absolute Gasteiger partial charge is 0.324 e. The van der Waals surface area contributed by atoms with Crippen LogP contribution in [0.25, 0.3) is 0 Å². The van der Waals surface area contributed by atoms with Gasteiger partial charge in [-0.3, -0.25) is 14.4 Å². The fraction of sp³-hybridized carbons (Fsp3) is 0.286. The number of carbonyl (C=O) groups is 3. The molecule has 1 aliphatic heterocycles. The van der Waals surface area contributed by atoms with Crippen molar-refractivity contribution in [3.05, 3.63) is 65.2 Å². The number of benzene rings is 2. The van der Waals surface area contributed by atoms with Gasteiger partial charge in [-0.1, -0.05) is 43.7 Å². The van der Waals surface area contributed by atoms with Crippen LogP contribution in [0.5, 0.6) is 0 Å². The second kappa shape index (κ2) is 7.52. The van der Waals surface area contributed by atoms with Crippen LogP contribution in [0.3, 0.4) is 0 Å². The fourth-order valence-electron chi connectivity index (χ4n) is 3.27. The highest BCUT2D eigenvalue weighted by Gasteiger charge is 2.35. The maximum atomic E-state index is 12.9. The van der Waals surface area contributed by atoms with Gasteiger partial charge in [-0.05, 0) is 37.1 Å². The molecular weight excluding hydrogens is 328 g/mol. The van der Waals surface area contributed by atoms with Gasteiger partial charge >= 0.3 is 0 Å². The van der Waals surface area contributed by atoms with Crippen LogP contribution in [0.4, 0.5) is 5.69 Å². The van der Waals surface area contributed by atoms with Crippen molar-refractivity contribution >= 4 is 23.3 Å². The Balaban J connectivity index is 1.80. The maximum Gasteiger partial charge on any atom is 0.255 e. The van der Waals surface area contributed by atoms with E-state index >= 15 is 0 Å². The lowest BCUT2D eigenvalue weighted by Gasteiger charge is -2.26. The normalized spacial score (nSPS) is 14.1. The molecule has 3 rings (SSSR count). The third-order valence-corrected chi connectivity index (χ3v) is 4.63. The number of nitrogens with one attached hydrogen (secondary N) is 1. The molecule has 1 atom stereocenters. The fourth-order valence-corrected chi connectivity index (χ4v) is 3.27. The van der Waals surface area contributed by atoms with Gasteiger partial charge in [-0.15, -0.1) is 0 Å². The molecular formula is C21H22N2O3. The number of carbonyl (C=O) groups excluding carboxylic acids is 3. The van der Waals surface area contributed by atoms with Gasteiger partial charge in [0.15, 0.2) is 5.78 Å². The van der Waals surface area contributed by atoms with Crippen LogP contribution in [-0.4, -0.2) is 28.5 Å². The van der Waals surface area contributed by atoms with Gasteiger partial charge in [0, 0.05) is 23.4 Å². The Labute approximate surface area is 153 Å². The number of nitrogens with zero attached hydrogens (tertiary/aromatic N) is 1. The molecule has 0 bridgehead atoms. The van der Waals surface area contributed by atoms with Crippen molar-refractivity contribution in [2.75, 3.05) is 5.32 Å². The van der Waals surface area contributed by atoms with Gasteiger partial charge in [0.1, 0.15) is 6.04 Å². The van der Waals surface area contributed by atoms with Crippen molar-refractivity contribution in [1.29, 1.82) is 0 Å². The number of hydrogen-bond acceptors (Lipinski definition) is 3. The molecule has 0 aromatic heterocycles. The number of fused-ring (bicyclic) bond motifs is 1. The average molecular weight is 350 g/mol. The van der Waals surface area contributed by atoms with Crippen LogP contribution < -0.4 is 5.32 Å². The second-order valence-corrected chi connectivity index (χ2v) is 6.52. The highest BCUT2D eigenvalue weighted by molar-refractivity contribution is 6.04. The van der Waals surface area contributed by atoms with Crippen molar-refractivity contribution < 1.29 is 14.4 Å². The van der Waals surface area contributed by atoms with E-state index < -0.39 is 6.04 Å². The molecule has 2 aromatic rings. The quantitative estimate of drug-likeness (QED) is 0.809. The summed E-state index contributed by atoms with van der Waals surface area (Å²) in [4.78, 5) is 38.8. The predicted molar refractivity (Wildman–Crippen MR) is 100 cm³/mol. The van der Waals surface area contributed by atoms with Crippen molar-refractivity contribution in [3.8, 4) is 0 Å². The molecule has 0 spiro atoms. The number of ketones is 1. The molecule has 2 aromatic carbocycles. The first kappa shape index (κ1) is 17.9. The molecule has 134 valence electrons. The topological polar surface area (TPSA) is 66.5 Å². The first-order chi connectivity index (χ1) is 12.5. The van der Waals surface area contributed by atoms with E-state index in [1.165, 1.54) is 6.92 Å². The first-order valence-corrected chi connectivity index (χ1v) is 8.82. The predicted octanol–water partition coefficient (Wildman–Crippen LogP) is 3.65. The highest BCUT2D eigenvalue weighted by atomic mass is 16.2. The van der Waals surface area contributed by atoms with E-state index in [9.17, 15) is 14.4 Å². The first-order valence-electron chi connectivity index (χ1n) is 8.82. The van der Waals surface area contributed by atoms with E-state index in [-0.39, 0.29) is 17.6 Å². The van der Waals surface area contributed by atoms with Gasteiger partial charge in [-0.25, -0.2) is 0 Å². The van der Waals surface area contributed by atoms with Crippen molar-refractivity contribution in [1.82, 2.24) is 4.90 Å². The Bertz CT molecular complexity index is 860. The zero-order chi connectivity index (χ0) is 18.7. The van der Waals surface area contributed by atoms with E-state index in [1.54, 1.807) is 35.2 Å². The van der Waals surface area contributed by atoms with Crippen LogP contribution >= 0.6 is 0 Å². The molecule has 0 radical (unpaired) electrons. The Morgan fingerprint density at radius 3 is 2.62 bits per heavy atom. The van der Waals surface area contributed by atoms with Gasteiger partial charge in [0.25, 0.3) is 5.91 Å². The molecule has 0 saturated heterocycles. The minimum absolute atomic E-state index is 0.0589. The second-order valence-electron chi connectivity index (χ2n) is 6.52. The summed E-state index contributed by atoms with van der Waals surface area (Å²) >= 11 is 0. The molecule has 5 nitrogen and oxygen atoms in total. The number of amides is 2. The standard InChI is InChI=1S/C21H22N2O3/c1-3-7-19(23-13-16-8-4-5-11-18(16)21(23)26)20(25)22-17-10-6-9-15(12-17)14(2)24/h4-6,8-12,19H,3,7,13H2,1-2H3,(H,22,25)/t19-/m0/s1. The smallest absolute Gasteiger partial charge is 0.255 e. The average Bonchev–Trinajstić information content (AvgIpc) is 2.96. The summed E-state index contributed by atoms with van der Waals surface area (Å²) in [5, 5.41) is 2.86. The van der Waals surface area contributed by atoms with Gasteiger partial charge < -0.3 is 10.2 Å². The Kier molecular flexibility index (Phi) is 5.16. The Morgan fingerprint density at radius 1 is 1.15 bits per heavy atom. The molecule has 26 heavy (non-hydrogen) atoms. The summed E-state index contributed by atoms with van der Waals surface area (Å²) in [5.74, 6) is -0.392. The molecule has 0 saturated carbocycles. The molecule has 1 N–H and O–H groups in total. The minimum Gasteiger partial charge on any atom is -0.324 e. The molecule has 5 heteroatoms. The van der Waals surface area contributed by atoms with Crippen LogP contribution in [0.2, 0.25) is 0 Å². The van der Waals surface area contributed by atoms with E-state index in [1.807, 2.05) is 25.1 Å². The van der Waals surface area contributed by atoms with Crippen molar-refractivity contribution in [3.63, 3.8) is 0 Å². The Hall–Kier alpha value is -2.95. The molecule has 0 aliphatic carbocycles. The van der Waals surface area contributed by atoms with E-state index in [0.717, 1.165) is 12.0 Å². The molecule has 1 aliphatic rings. The van der Waals surface area contributed by atoms with Gasteiger partial charge in [0.05, 0.1) is 0 Å². The summed E-state index contributed by atoms with van der Waals surface area (Å²) in [6.07, 6.45) is 1.36. The number of Topliss-reactive ketones (excluding diaryl/α,β-unsaturated/α-hetero) is 1. The molecule has 0 fully saturated rings. The Morgan fingerprint density at radius 2 is 1.92 bits per heavy atom. The highest BCUT2D eigenvalue weighted by Crippen LogP contribution is 2.26. The molecule has 1 heterocycles. The summed E-state index contributed by atoms with van der Waals surface area (Å²) in [6.45, 7) is 3.92. The van der Waals surface area contributed by atoms with E-state index in [4.69, 9.17) is 0 Å². The monoisotopic (exact) mass is 350 g/mol. The zero-order valence-corrected chi connectivity index (χ0v) is 15.0. The van der Waals surface area contributed by atoms with Crippen LogP contribution in [0, 0.1) is 0 Å². The van der Waals surface area contributed by atoms with Crippen molar-refractivity contribution in [2.45, 2.75) is 39.3 Å². The number of hydrogen-bond donors (Lipinski definition) is 1. The van der Waals surface area contributed by atoms with E-state index in [2.05, 4.69) is 5.32 Å². The summed E-state index contributed by atoms with van der Waals surface area (Å²) in [5.41, 5.74) is 2.72. The summed E-state index contributed by atoms with van der Waals surface area (Å²) in [7, 11) is 0. The number of anilines is 1. The van der Waals surface area contributed by atoms with E-state index in [0.29, 0.717) is 29.8 Å². The van der Waals surface area contributed by atoms with Gasteiger partial charge in [-0.2, -0.15) is 0 Å². The third kappa shape index (κ3) is 3.52. The lowest BCUT2D eigenvalue weighted by Crippen LogP contribution is -2.44. The summed E-state index contributed by atoms with van der Waals surface area (Å²) in [6, 6.07) is 13.8. The SMILES string of the molecule is CCC[C@@H](C(=O)Nc1cccc(C(C)=O)c1)N1Cc2ccccc2C1=O. The maximum absolute atomic E-state index is 12.9. The number of rotatable bonds is 6. The lowest BCUT2D eigenvalue weighted by molar-refractivity contribution is -0.120. The lowest BCUT2D eigenvalue weighted by atomic mass is 10.1. The van der Waals surface area contributed by atoms with Crippen LogP contribution in [0.15, 0.2) is 48.5 Å². The molecule has 0 unspecified atom stereocenters. The zero-order valence-electron chi connectivity index (χ0n) is 15.0. The summed E-state index contributed by atoms with van der Waals surface area (Å²) < 4.78 is 0. The van der Waals surface area contributed by atoms with Crippen LogP contribution in [0.1, 0.15) is 53.0 Å².